The quantitative estimate of drug-likeness (QED) is 0.131. The van der Waals surface area contributed by atoms with E-state index in [-0.39, 0.29) is 126 Å². The van der Waals surface area contributed by atoms with Gasteiger partial charge < -0.3 is 4.42 Å². The maximum atomic E-state index is 7.25. The molecule has 0 aliphatic heterocycles. The second-order valence-corrected chi connectivity index (χ2v) is 15.6. The molecule has 0 fully saturated rings. The standard InChI is InChI=1S/C46H13B15O/c47-30-27(35(52)43(60)45-28(30)29-36(53)41(58)42(59)44(61)46(29)62-45)22-25-23(31(48)37(54)39(56)33(25)50)21(24-26(22)34(51)40(57)38(55)32(24)49)20-13-12-19(17-9-3-4-10-18(17)20)16-11-5-7-14-6-1-2-8-15(14)16/h1-13H. The first-order valence-electron chi connectivity index (χ1n) is 19.3. The van der Waals surface area contributed by atoms with Crippen LogP contribution in [0.5, 0.6) is 0 Å². The fraction of sp³-hybridized carbons (Fsp3) is 0. The van der Waals surface area contributed by atoms with Gasteiger partial charge in [0.25, 0.3) is 0 Å². The predicted molar refractivity (Wildman–Crippen MR) is 281 cm³/mol. The van der Waals surface area contributed by atoms with Crippen molar-refractivity contribution in [2.75, 3.05) is 0 Å². The SMILES string of the molecule is [B]c1c([B])c([B])c2c(oc3c([B])c([B])c(-c4c5c([B])c([B])c([B])c([B])c5c(-c5ccc(-c6cccc7ccccc67)c6ccccc56)c5c([B])c([B])c([B])c([B])c45)c([B])c32)c1[B]. The van der Waals surface area contributed by atoms with E-state index in [0.29, 0.717) is 21.9 Å². The minimum Gasteiger partial charge on any atom is -0.457 e. The molecule has 30 radical (unpaired) electrons. The van der Waals surface area contributed by atoms with Gasteiger partial charge in [0.1, 0.15) is 129 Å². The van der Waals surface area contributed by atoms with Crippen LogP contribution in [0.25, 0.3) is 98.4 Å². The van der Waals surface area contributed by atoms with Gasteiger partial charge >= 0.3 is 0 Å². The summed E-state index contributed by atoms with van der Waals surface area (Å²) < 4.78 is 6.21. The van der Waals surface area contributed by atoms with Crippen molar-refractivity contribution in [3.8, 4) is 33.4 Å². The highest BCUT2D eigenvalue weighted by Gasteiger charge is 2.29. The zero-order valence-electron chi connectivity index (χ0n) is 33.1. The molecule has 0 spiro atoms. The summed E-state index contributed by atoms with van der Waals surface area (Å²) in [6.07, 6.45) is 0. The van der Waals surface area contributed by atoms with Crippen molar-refractivity contribution in [1.82, 2.24) is 0 Å². The third kappa shape index (κ3) is 5.37. The van der Waals surface area contributed by atoms with Gasteiger partial charge in [0.05, 0.1) is 0 Å². The van der Waals surface area contributed by atoms with Gasteiger partial charge in [-0.05, 0) is 76.5 Å². The molecule has 16 heteroatoms. The first-order chi connectivity index (χ1) is 29.6. The summed E-state index contributed by atoms with van der Waals surface area (Å²) in [4.78, 5) is 0. The second kappa shape index (κ2) is 14.4. The van der Waals surface area contributed by atoms with E-state index in [2.05, 4.69) is 36.4 Å². The van der Waals surface area contributed by atoms with E-state index in [0.717, 1.165) is 32.7 Å². The Hall–Kier alpha value is -5.21. The first-order valence-corrected chi connectivity index (χ1v) is 19.3. The highest BCUT2D eigenvalue weighted by molar-refractivity contribution is 6.73. The van der Waals surface area contributed by atoms with Gasteiger partial charge in [0.15, 0.2) is 0 Å². The van der Waals surface area contributed by atoms with Gasteiger partial charge in [0, 0.05) is 10.8 Å². The number of rotatable bonds is 3. The Morgan fingerprint density at radius 2 is 0.613 bits per heavy atom. The number of hydrogen-bond acceptors (Lipinski definition) is 1. The smallest absolute Gasteiger partial charge is 0.127 e. The maximum absolute atomic E-state index is 7.25. The van der Waals surface area contributed by atoms with E-state index in [1.807, 2.05) is 42.5 Å². The molecule has 1 nitrogen and oxygen atoms in total. The van der Waals surface area contributed by atoms with Gasteiger partial charge in [-0.3, -0.25) is 0 Å². The summed E-state index contributed by atoms with van der Waals surface area (Å²) in [5.41, 5.74) is 4.14. The van der Waals surface area contributed by atoms with Crippen molar-refractivity contribution in [1.29, 1.82) is 0 Å². The van der Waals surface area contributed by atoms with Crippen LogP contribution in [0.4, 0.5) is 0 Å². The lowest BCUT2D eigenvalue weighted by Gasteiger charge is -2.30. The summed E-state index contributed by atoms with van der Waals surface area (Å²) in [5, 5.41) is 5.68. The summed E-state index contributed by atoms with van der Waals surface area (Å²) in [6.45, 7) is 0. The van der Waals surface area contributed by atoms with E-state index in [9.17, 15) is 0 Å². The molecular weight excluding hydrogens is 731 g/mol. The molecule has 0 atom stereocenters. The normalized spacial score (nSPS) is 11.9. The lowest BCUT2D eigenvalue weighted by atomic mass is 9.58. The van der Waals surface area contributed by atoms with Crippen LogP contribution in [0.15, 0.2) is 83.3 Å². The van der Waals surface area contributed by atoms with Crippen LogP contribution in [0.3, 0.4) is 0 Å². The molecule has 0 saturated heterocycles. The summed E-state index contributed by atoms with van der Waals surface area (Å²) in [7, 11) is 102. The summed E-state index contributed by atoms with van der Waals surface area (Å²) >= 11 is 0. The van der Waals surface area contributed by atoms with Crippen LogP contribution in [-0.2, 0) is 0 Å². The molecule has 9 aromatic carbocycles. The summed E-state index contributed by atoms with van der Waals surface area (Å²) in [5.74, 6) is 0. The van der Waals surface area contributed by atoms with Crippen LogP contribution < -0.4 is 81.9 Å². The average molecular weight is 744 g/mol. The summed E-state index contributed by atoms with van der Waals surface area (Å²) in [6, 6.07) is 26.4. The lowest BCUT2D eigenvalue weighted by molar-refractivity contribution is 0.675. The van der Waals surface area contributed by atoms with Crippen LogP contribution in [0.1, 0.15) is 0 Å². The molecule has 1 heterocycles. The Kier molecular flexibility index (Phi) is 9.50. The molecule has 0 saturated carbocycles. The van der Waals surface area contributed by atoms with Crippen LogP contribution in [0, 0.1) is 0 Å². The molecular formula is C46H13B15O. The largest absolute Gasteiger partial charge is 0.457 e. The number of fused-ring (bicyclic) bond motifs is 7. The van der Waals surface area contributed by atoms with E-state index in [1.165, 1.54) is 0 Å². The Morgan fingerprint density at radius 1 is 0.242 bits per heavy atom. The fourth-order valence-corrected chi connectivity index (χ4v) is 9.35. The highest BCUT2D eigenvalue weighted by atomic mass is 16.3. The molecule has 1 aromatic heterocycles. The maximum Gasteiger partial charge on any atom is 0.127 e. The number of hydrogen-bond donors (Lipinski definition) is 0. The Bertz CT molecular complexity index is 3620. The molecule has 248 valence electrons. The van der Waals surface area contributed by atoms with E-state index < -0.39 is 0 Å². The minimum atomic E-state index is -0.0332. The molecule has 0 aliphatic carbocycles. The number of benzene rings is 9. The monoisotopic (exact) mass is 746 g/mol. The van der Waals surface area contributed by atoms with Crippen molar-refractivity contribution in [3.63, 3.8) is 0 Å². The van der Waals surface area contributed by atoms with E-state index in [1.54, 1.807) is 0 Å². The first kappa shape index (κ1) is 40.8. The van der Waals surface area contributed by atoms with Crippen molar-refractivity contribution >= 4 is 265 Å². The van der Waals surface area contributed by atoms with Gasteiger partial charge in [-0.1, -0.05) is 128 Å². The van der Waals surface area contributed by atoms with Crippen LogP contribution in [0.2, 0.25) is 0 Å². The second-order valence-electron chi connectivity index (χ2n) is 15.6. The molecule has 62 heavy (non-hydrogen) atoms. The van der Waals surface area contributed by atoms with Crippen molar-refractivity contribution in [2.24, 2.45) is 0 Å². The molecule has 10 rings (SSSR count). The fourth-order valence-electron chi connectivity index (χ4n) is 9.35. The zero-order valence-corrected chi connectivity index (χ0v) is 33.1. The molecule has 0 aliphatic rings. The predicted octanol–water partition coefficient (Wildman–Crippen LogP) is -4.89. The van der Waals surface area contributed by atoms with Crippen LogP contribution >= 0.6 is 0 Å². The third-order valence-corrected chi connectivity index (χ3v) is 12.5. The zero-order chi connectivity index (χ0) is 44.0. The Morgan fingerprint density at radius 3 is 1.16 bits per heavy atom. The lowest BCUT2D eigenvalue weighted by Crippen LogP contribution is -2.50. The molecule has 0 unspecified atom stereocenters. The van der Waals surface area contributed by atoms with Gasteiger partial charge in [0.2, 0.25) is 0 Å². The minimum absolute atomic E-state index is 0.00658. The van der Waals surface area contributed by atoms with Crippen molar-refractivity contribution < 1.29 is 4.42 Å². The topological polar surface area (TPSA) is 13.1 Å². The molecule has 10 aromatic rings. The van der Waals surface area contributed by atoms with Crippen LogP contribution in [-0.4, -0.2) is 118 Å². The van der Waals surface area contributed by atoms with Gasteiger partial charge in [-0.25, -0.2) is 0 Å². The Labute approximate surface area is 379 Å². The molecule has 0 bridgehead atoms. The van der Waals surface area contributed by atoms with E-state index in [4.69, 9.17) is 122 Å². The average Bonchev–Trinajstić information content (AvgIpc) is 3.70. The number of furan rings is 1. The molecule has 0 amide bonds. The van der Waals surface area contributed by atoms with E-state index >= 15 is 0 Å². The van der Waals surface area contributed by atoms with Gasteiger partial charge in [-0.2, -0.15) is 0 Å². The van der Waals surface area contributed by atoms with Crippen molar-refractivity contribution in [3.05, 3.63) is 78.9 Å². The van der Waals surface area contributed by atoms with Gasteiger partial charge in [-0.15, -0.1) is 32.8 Å². The van der Waals surface area contributed by atoms with Crippen molar-refractivity contribution in [2.45, 2.75) is 0 Å². The third-order valence-electron chi connectivity index (χ3n) is 12.5. The molecule has 0 N–H and O–H groups in total. The Balaban J connectivity index is 1.46. The highest BCUT2D eigenvalue weighted by Crippen LogP contribution is 2.45.